The lowest BCUT2D eigenvalue weighted by molar-refractivity contribution is 0.0982. The van der Waals surface area contributed by atoms with Crippen molar-refractivity contribution in [1.82, 2.24) is 29.7 Å². The number of aromatic nitrogens is 4. The molecule has 2 aromatic carbocycles. The van der Waals surface area contributed by atoms with E-state index < -0.39 is 0 Å². The Morgan fingerprint density at radius 1 is 1.02 bits per heavy atom. The lowest BCUT2D eigenvalue weighted by Crippen LogP contribution is -2.52. The summed E-state index contributed by atoms with van der Waals surface area (Å²) < 4.78 is 8.56. The lowest BCUT2D eigenvalue weighted by atomic mass is 10.0. The Balaban J connectivity index is 1.15. The average Bonchev–Trinajstić information content (AvgIpc) is 3.08. The fraction of sp³-hybridized carbons (Fsp3) is 0.438. The zero-order valence-corrected chi connectivity index (χ0v) is 28.7. The highest BCUT2D eigenvalue weighted by molar-refractivity contribution is 9.10. The van der Waals surface area contributed by atoms with Gasteiger partial charge in [0.05, 0.1) is 28.5 Å². The maximum Gasteiger partial charge on any atom is 0.224 e. The molecule has 2 aromatic heterocycles. The highest BCUT2D eigenvalue weighted by atomic mass is 79.9. The van der Waals surface area contributed by atoms with Gasteiger partial charge in [-0.15, -0.1) is 0 Å². The van der Waals surface area contributed by atoms with Crippen LogP contribution in [0.5, 0.6) is 5.75 Å². The molecule has 2 saturated heterocycles. The second kappa shape index (κ2) is 14.4. The van der Waals surface area contributed by atoms with E-state index in [9.17, 15) is 0 Å². The molecule has 2 aliphatic rings. The Kier molecular flexibility index (Phi) is 10.1. The maximum absolute atomic E-state index is 5.74. The monoisotopic (exact) mass is 692 g/mol. The number of hydrogen-bond acceptors (Lipinski definition) is 12. The minimum atomic E-state index is 0.515. The molecule has 0 unspecified atom stereocenters. The van der Waals surface area contributed by atoms with Gasteiger partial charge < -0.3 is 29.5 Å². The van der Waals surface area contributed by atoms with E-state index >= 15 is 0 Å². The van der Waals surface area contributed by atoms with Crippen LogP contribution in [0.15, 0.2) is 53.4 Å². The molecular weight excluding hydrogens is 652 g/mol. The quantitative estimate of drug-likeness (QED) is 0.206. The van der Waals surface area contributed by atoms with E-state index in [1.807, 2.05) is 25.4 Å². The maximum atomic E-state index is 5.74. The average molecular weight is 694 g/mol. The normalized spacial score (nSPS) is 16.6. The molecule has 6 rings (SSSR count). The molecule has 238 valence electrons. The van der Waals surface area contributed by atoms with E-state index in [0.717, 1.165) is 51.3 Å². The highest BCUT2D eigenvalue weighted by Gasteiger charge is 2.27. The van der Waals surface area contributed by atoms with Crippen LogP contribution in [0.4, 0.5) is 28.8 Å². The van der Waals surface area contributed by atoms with Crippen molar-refractivity contribution in [3.05, 3.63) is 59.0 Å². The van der Waals surface area contributed by atoms with Crippen LogP contribution in [-0.2, 0) is 6.54 Å². The number of nitrogens with one attached hydrogen (secondary N) is 2. The van der Waals surface area contributed by atoms with Gasteiger partial charge >= 0.3 is 0 Å². The van der Waals surface area contributed by atoms with Crippen molar-refractivity contribution in [2.75, 3.05) is 86.6 Å². The van der Waals surface area contributed by atoms with Crippen LogP contribution in [0.2, 0.25) is 0 Å². The molecule has 4 aromatic rings. The molecule has 0 aliphatic carbocycles. The Bertz CT molecular complexity index is 1610. The Morgan fingerprint density at radius 3 is 2.56 bits per heavy atom. The molecule has 11 nitrogen and oxygen atoms in total. The van der Waals surface area contributed by atoms with Crippen LogP contribution < -0.4 is 24.6 Å². The summed E-state index contributed by atoms with van der Waals surface area (Å²) in [5.74, 6) is 2.01. The fourth-order valence-corrected chi connectivity index (χ4v) is 6.81. The molecule has 45 heavy (non-hydrogen) atoms. The molecule has 0 saturated carbocycles. The third-order valence-electron chi connectivity index (χ3n) is 8.78. The smallest absolute Gasteiger partial charge is 0.224 e. The number of piperidine rings is 1. The van der Waals surface area contributed by atoms with Gasteiger partial charge in [0.15, 0.2) is 0 Å². The van der Waals surface area contributed by atoms with Crippen molar-refractivity contribution in [2.24, 2.45) is 0 Å². The summed E-state index contributed by atoms with van der Waals surface area (Å²) in [7, 11) is 5.95. The number of halogens is 1. The van der Waals surface area contributed by atoms with Gasteiger partial charge in [-0.1, -0.05) is 11.9 Å². The van der Waals surface area contributed by atoms with E-state index in [1.54, 1.807) is 37.6 Å². The van der Waals surface area contributed by atoms with Gasteiger partial charge in [0, 0.05) is 95.0 Å². The Labute approximate surface area is 278 Å². The summed E-state index contributed by atoms with van der Waals surface area (Å²) in [6.07, 6.45) is 9.61. The summed E-state index contributed by atoms with van der Waals surface area (Å²) in [4.78, 5) is 26.1. The minimum absolute atomic E-state index is 0.515. The Morgan fingerprint density at radius 2 is 1.80 bits per heavy atom. The number of ether oxygens (including phenoxy) is 1. The number of nitrogens with zero attached hydrogens (tertiary/aromatic N) is 8. The van der Waals surface area contributed by atoms with Crippen molar-refractivity contribution in [3.8, 4) is 5.75 Å². The molecule has 4 heterocycles. The second-order valence-electron chi connectivity index (χ2n) is 11.5. The minimum Gasteiger partial charge on any atom is -0.496 e. The van der Waals surface area contributed by atoms with Gasteiger partial charge in [0.1, 0.15) is 17.1 Å². The van der Waals surface area contributed by atoms with Crippen molar-refractivity contribution in [3.63, 3.8) is 0 Å². The van der Waals surface area contributed by atoms with Crippen LogP contribution in [0.3, 0.4) is 0 Å². The van der Waals surface area contributed by atoms with Crippen molar-refractivity contribution < 1.29 is 4.74 Å². The third-order valence-corrected chi connectivity index (χ3v) is 10.1. The number of fused-ring (bicyclic) bond motifs is 1. The van der Waals surface area contributed by atoms with E-state index in [1.165, 1.54) is 44.7 Å². The molecule has 0 atom stereocenters. The first kappa shape index (κ1) is 31.6. The molecule has 0 bridgehead atoms. The van der Waals surface area contributed by atoms with Crippen LogP contribution in [-0.4, -0.2) is 103 Å². The molecule has 0 radical (unpaired) electrons. The van der Waals surface area contributed by atoms with Gasteiger partial charge in [-0.3, -0.25) is 14.9 Å². The number of piperazine rings is 1. The number of hydrogen-bond donors (Lipinski definition) is 2. The summed E-state index contributed by atoms with van der Waals surface area (Å²) in [6.45, 7) is 7.36. The molecule has 0 amide bonds. The summed E-state index contributed by atoms with van der Waals surface area (Å²) in [5.41, 5.74) is 5.75. The van der Waals surface area contributed by atoms with Crippen LogP contribution >= 0.6 is 27.9 Å². The van der Waals surface area contributed by atoms with Crippen molar-refractivity contribution >= 4 is 67.7 Å². The van der Waals surface area contributed by atoms with Crippen LogP contribution in [0, 0.1) is 0 Å². The second-order valence-corrected chi connectivity index (χ2v) is 13.3. The SMILES string of the molecule is COc1ccc(N2CCC(N3CCN(C)CC3)CC2)cc1CNc1ncc(Br)c(Nc2ccc3nccnc3c2N(C)SC)n1. The van der Waals surface area contributed by atoms with Crippen LogP contribution in [0.1, 0.15) is 18.4 Å². The van der Waals surface area contributed by atoms with Gasteiger partial charge in [-0.2, -0.15) is 4.98 Å². The molecule has 13 heteroatoms. The molecule has 2 aliphatic heterocycles. The van der Waals surface area contributed by atoms with Gasteiger partial charge in [-0.05, 0) is 66.2 Å². The fourth-order valence-electron chi connectivity index (χ4n) is 6.15. The van der Waals surface area contributed by atoms with Crippen molar-refractivity contribution in [2.45, 2.75) is 25.4 Å². The van der Waals surface area contributed by atoms with E-state index in [0.29, 0.717) is 24.4 Å². The van der Waals surface area contributed by atoms with E-state index in [-0.39, 0.29) is 0 Å². The summed E-state index contributed by atoms with van der Waals surface area (Å²) in [6, 6.07) is 11.1. The molecule has 2 N–H and O–H groups in total. The number of likely N-dealkylation sites (N-methyl/N-ethyl adjacent to an activating group) is 1. The van der Waals surface area contributed by atoms with Crippen LogP contribution in [0.25, 0.3) is 11.0 Å². The summed E-state index contributed by atoms with van der Waals surface area (Å²) >= 11 is 5.23. The van der Waals surface area contributed by atoms with Gasteiger partial charge in [-0.25, -0.2) is 4.98 Å². The zero-order chi connectivity index (χ0) is 31.3. The number of anilines is 5. The van der Waals surface area contributed by atoms with Gasteiger partial charge in [0.2, 0.25) is 5.95 Å². The first-order valence-electron chi connectivity index (χ1n) is 15.3. The lowest BCUT2D eigenvalue weighted by Gasteiger charge is -2.42. The molecule has 0 spiro atoms. The summed E-state index contributed by atoms with van der Waals surface area (Å²) in [5, 5.41) is 6.91. The van der Waals surface area contributed by atoms with Crippen molar-refractivity contribution in [1.29, 1.82) is 0 Å². The predicted molar refractivity (Wildman–Crippen MR) is 189 cm³/mol. The number of benzene rings is 2. The number of methoxy groups -OCH3 is 1. The first-order valence-corrected chi connectivity index (χ1v) is 17.3. The largest absolute Gasteiger partial charge is 0.496 e. The molecular formula is C32H41BrN10OS. The topological polar surface area (TPSA) is 97.8 Å². The van der Waals surface area contributed by atoms with E-state index in [4.69, 9.17) is 9.72 Å². The number of rotatable bonds is 10. The standard InChI is InChI=1S/C32H41BrN10OS/c1-40-15-17-43(18-16-40)23-9-13-42(14-10-23)24-5-8-28(44-3)22(19-24)20-36-32-37-21-25(33)31(39-32)38-27-7-6-26-29(35-12-11-34-26)30(27)41(2)45-4/h5-8,11-12,19,21,23H,9-10,13-18,20H2,1-4H3,(H2,36,37,38,39). The Hall–Kier alpha value is -3.39. The zero-order valence-electron chi connectivity index (χ0n) is 26.3. The molecule has 2 fully saturated rings. The third kappa shape index (κ3) is 7.21. The highest BCUT2D eigenvalue weighted by Crippen LogP contribution is 2.37. The van der Waals surface area contributed by atoms with E-state index in [2.05, 4.69) is 85.8 Å². The first-order chi connectivity index (χ1) is 21.9. The van der Waals surface area contributed by atoms with Gasteiger partial charge in [0.25, 0.3) is 0 Å². The predicted octanol–water partition coefficient (Wildman–Crippen LogP) is 5.48.